The number of hydrogen-bond donors (Lipinski definition) is 0. The number of amides is 1. The summed E-state index contributed by atoms with van der Waals surface area (Å²) in [5.74, 6) is 1.10. The predicted molar refractivity (Wildman–Crippen MR) is 111 cm³/mol. The highest BCUT2D eigenvalue weighted by molar-refractivity contribution is 8.00. The maximum Gasteiger partial charge on any atom is 0.236 e. The summed E-state index contributed by atoms with van der Waals surface area (Å²) in [6.07, 6.45) is 4.50. The normalized spacial score (nSPS) is 18.5. The minimum absolute atomic E-state index is 0.156. The van der Waals surface area contributed by atoms with Gasteiger partial charge in [0, 0.05) is 24.7 Å². The van der Waals surface area contributed by atoms with Crippen molar-refractivity contribution in [3.8, 4) is 11.4 Å². The van der Waals surface area contributed by atoms with Gasteiger partial charge in [0.05, 0.1) is 5.25 Å². The van der Waals surface area contributed by atoms with Crippen molar-refractivity contribution in [2.45, 2.75) is 76.4 Å². The molecule has 2 aromatic rings. The third-order valence-electron chi connectivity index (χ3n) is 5.32. The standard InChI is InChI=1S/C21H30N4OS/c1-5-18-12-7-8-13-25(18)20(26)16(4)27-21-23-22-19(24(21)6-2)17-11-9-10-15(3)14-17/h9-11,14,16,18H,5-8,12-13H2,1-4H3. The first kappa shape index (κ1) is 19.9. The van der Waals surface area contributed by atoms with Crippen molar-refractivity contribution < 1.29 is 4.79 Å². The summed E-state index contributed by atoms with van der Waals surface area (Å²) in [7, 11) is 0. The Kier molecular flexibility index (Phi) is 6.58. The van der Waals surface area contributed by atoms with Crippen LogP contribution >= 0.6 is 11.8 Å². The fraction of sp³-hybridized carbons (Fsp3) is 0.571. The molecule has 1 aromatic carbocycles. The summed E-state index contributed by atoms with van der Waals surface area (Å²) in [6.45, 7) is 10.0. The summed E-state index contributed by atoms with van der Waals surface area (Å²) < 4.78 is 2.11. The zero-order valence-electron chi connectivity index (χ0n) is 16.8. The molecule has 146 valence electrons. The lowest BCUT2D eigenvalue weighted by molar-refractivity contribution is -0.134. The topological polar surface area (TPSA) is 51.0 Å². The molecule has 3 rings (SSSR count). The lowest BCUT2D eigenvalue weighted by atomic mass is 10.00. The molecule has 27 heavy (non-hydrogen) atoms. The third-order valence-corrected chi connectivity index (χ3v) is 6.39. The van der Waals surface area contributed by atoms with Crippen LogP contribution in [-0.4, -0.2) is 43.4 Å². The second-order valence-corrected chi connectivity index (χ2v) is 8.58. The van der Waals surface area contributed by atoms with Crippen LogP contribution in [0.15, 0.2) is 29.4 Å². The maximum absolute atomic E-state index is 13.0. The molecule has 0 spiro atoms. The van der Waals surface area contributed by atoms with Gasteiger partial charge in [0.25, 0.3) is 0 Å². The molecule has 5 nitrogen and oxygen atoms in total. The molecule has 1 saturated heterocycles. The van der Waals surface area contributed by atoms with Gasteiger partial charge < -0.3 is 9.47 Å². The fourth-order valence-corrected chi connectivity index (χ4v) is 4.80. The van der Waals surface area contributed by atoms with Gasteiger partial charge in [-0.1, -0.05) is 42.4 Å². The fourth-order valence-electron chi connectivity index (χ4n) is 3.82. The molecule has 0 saturated carbocycles. The van der Waals surface area contributed by atoms with Crippen LogP contribution in [-0.2, 0) is 11.3 Å². The van der Waals surface area contributed by atoms with Crippen molar-refractivity contribution in [2.75, 3.05) is 6.54 Å². The van der Waals surface area contributed by atoms with Crippen LogP contribution in [0.2, 0.25) is 0 Å². The second kappa shape index (κ2) is 8.91. The smallest absolute Gasteiger partial charge is 0.236 e. The van der Waals surface area contributed by atoms with Gasteiger partial charge in [-0.25, -0.2) is 0 Å². The summed E-state index contributed by atoms with van der Waals surface area (Å²) in [6, 6.07) is 8.69. The van der Waals surface area contributed by atoms with Gasteiger partial charge in [-0.2, -0.15) is 0 Å². The van der Waals surface area contributed by atoms with E-state index < -0.39 is 0 Å². The van der Waals surface area contributed by atoms with Gasteiger partial charge in [-0.3, -0.25) is 4.79 Å². The molecule has 2 atom stereocenters. The quantitative estimate of drug-likeness (QED) is 0.684. The van der Waals surface area contributed by atoms with Crippen molar-refractivity contribution in [1.82, 2.24) is 19.7 Å². The van der Waals surface area contributed by atoms with Crippen molar-refractivity contribution in [1.29, 1.82) is 0 Å². The Hall–Kier alpha value is -1.82. The number of piperidine rings is 1. The highest BCUT2D eigenvalue weighted by Gasteiger charge is 2.30. The Morgan fingerprint density at radius 1 is 1.30 bits per heavy atom. The number of aromatic nitrogens is 3. The molecule has 1 aromatic heterocycles. The zero-order valence-corrected chi connectivity index (χ0v) is 17.6. The van der Waals surface area contributed by atoms with E-state index in [1.54, 1.807) is 0 Å². The Bertz CT molecular complexity index is 788. The molecule has 0 N–H and O–H groups in total. The van der Waals surface area contributed by atoms with Crippen LogP contribution in [0, 0.1) is 6.92 Å². The number of likely N-dealkylation sites (tertiary alicyclic amines) is 1. The van der Waals surface area contributed by atoms with Crippen LogP contribution < -0.4 is 0 Å². The summed E-state index contributed by atoms with van der Waals surface area (Å²) >= 11 is 1.53. The molecular weight excluding hydrogens is 356 g/mol. The van der Waals surface area contributed by atoms with E-state index in [-0.39, 0.29) is 11.2 Å². The van der Waals surface area contributed by atoms with Crippen LogP contribution in [0.5, 0.6) is 0 Å². The van der Waals surface area contributed by atoms with Crippen LogP contribution in [0.1, 0.15) is 52.0 Å². The minimum atomic E-state index is -0.156. The van der Waals surface area contributed by atoms with E-state index in [1.165, 1.54) is 23.7 Å². The monoisotopic (exact) mass is 386 g/mol. The summed E-state index contributed by atoms with van der Waals surface area (Å²) in [5, 5.41) is 9.49. The summed E-state index contributed by atoms with van der Waals surface area (Å²) in [5.41, 5.74) is 2.27. The SMILES string of the molecule is CCC1CCCCN1C(=O)C(C)Sc1nnc(-c2cccc(C)c2)n1CC. The molecule has 1 amide bonds. The molecule has 2 heterocycles. The first-order valence-electron chi connectivity index (χ1n) is 10.0. The number of nitrogens with zero attached hydrogens (tertiary/aromatic N) is 4. The highest BCUT2D eigenvalue weighted by Crippen LogP contribution is 2.29. The molecule has 1 aliphatic rings. The Morgan fingerprint density at radius 3 is 2.81 bits per heavy atom. The van der Waals surface area contributed by atoms with Crippen molar-refractivity contribution in [2.24, 2.45) is 0 Å². The van der Waals surface area contributed by atoms with E-state index in [9.17, 15) is 4.79 Å². The molecule has 6 heteroatoms. The second-order valence-electron chi connectivity index (χ2n) is 7.27. The highest BCUT2D eigenvalue weighted by atomic mass is 32.2. The van der Waals surface area contributed by atoms with Crippen molar-refractivity contribution >= 4 is 17.7 Å². The molecular formula is C21H30N4OS. The predicted octanol–water partition coefficient (Wildman–Crippen LogP) is 4.55. The van der Waals surface area contributed by atoms with E-state index in [4.69, 9.17) is 0 Å². The number of hydrogen-bond acceptors (Lipinski definition) is 4. The number of benzene rings is 1. The molecule has 1 fully saturated rings. The lowest BCUT2D eigenvalue weighted by Crippen LogP contribution is -2.46. The first-order valence-corrected chi connectivity index (χ1v) is 10.9. The van der Waals surface area contributed by atoms with Gasteiger partial charge in [-0.05, 0) is 52.5 Å². The van der Waals surface area contributed by atoms with Gasteiger partial charge >= 0.3 is 0 Å². The lowest BCUT2D eigenvalue weighted by Gasteiger charge is -2.36. The summed E-state index contributed by atoms with van der Waals surface area (Å²) in [4.78, 5) is 15.1. The maximum atomic E-state index is 13.0. The number of aryl methyl sites for hydroxylation is 1. The average Bonchev–Trinajstić information content (AvgIpc) is 3.09. The molecule has 1 aliphatic heterocycles. The van der Waals surface area contributed by atoms with Gasteiger partial charge in [0.15, 0.2) is 11.0 Å². The number of rotatable bonds is 6. The number of carbonyl (C=O) groups is 1. The van der Waals surface area contributed by atoms with E-state index in [0.717, 1.165) is 48.9 Å². The van der Waals surface area contributed by atoms with Gasteiger partial charge in [-0.15, -0.1) is 10.2 Å². The first-order chi connectivity index (χ1) is 13.0. The van der Waals surface area contributed by atoms with Gasteiger partial charge in [0.2, 0.25) is 5.91 Å². The zero-order chi connectivity index (χ0) is 19.4. The van der Waals surface area contributed by atoms with Crippen LogP contribution in [0.4, 0.5) is 0 Å². The largest absolute Gasteiger partial charge is 0.339 e. The van der Waals surface area contributed by atoms with Crippen LogP contribution in [0.3, 0.4) is 0 Å². The Labute approximate surface area is 166 Å². The van der Waals surface area contributed by atoms with E-state index >= 15 is 0 Å². The van der Waals surface area contributed by atoms with E-state index in [1.807, 2.05) is 13.0 Å². The molecule has 0 aliphatic carbocycles. The number of carbonyl (C=O) groups excluding carboxylic acids is 1. The molecule has 0 bridgehead atoms. The Balaban J connectivity index is 1.78. The van der Waals surface area contributed by atoms with E-state index in [2.05, 4.69) is 58.6 Å². The van der Waals surface area contributed by atoms with Crippen molar-refractivity contribution in [3.63, 3.8) is 0 Å². The van der Waals surface area contributed by atoms with Crippen LogP contribution in [0.25, 0.3) is 11.4 Å². The molecule has 2 unspecified atom stereocenters. The minimum Gasteiger partial charge on any atom is -0.339 e. The van der Waals surface area contributed by atoms with Gasteiger partial charge in [0.1, 0.15) is 0 Å². The molecule has 0 radical (unpaired) electrons. The van der Waals surface area contributed by atoms with Crippen molar-refractivity contribution in [3.05, 3.63) is 29.8 Å². The third kappa shape index (κ3) is 4.37. The number of thioether (sulfide) groups is 1. The Morgan fingerprint density at radius 2 is 2.11 bits per heavy atom. The van der Waals surface area contributed by atoms with E-state index in [0.29, 0.717) is 6.04 Å². The average molecular weight is 387 g/mol.